The Balaban J connectivity index is -0.0000000133. The van der Waals surface area contributed by atoms with Crippen molar-refractivity contribution < 1.29 is 9.47 Å². The molecule has 0 radical (unpaired) electrons. The molecule has 0 spiro atoms. The van der Waals surface area contributed by atoms with Gasteiger partial charge in [0, 0.05) is 14.2 Å². The second-order valence-electron chi connectivity index (χ2n) is 0.695. The van der Waals surface area contributed by atoms with Gasteiger partial charge in [0.25, 0.3) is 0 Å². The van der Waals surface area contributed by atoms with Crippen LogP contribution in [0.4, 0.5) is 0 Å². The van der Waals surface area contributed by atoms with E-state index in [1.165, 1.54) is 0 Å². The lowest BCUT2D eigenvalue weighted by atomic mass is 11.4. The van der Waals surface area contributed by atoms with Gasteiger partial charge in [0.1, 0.15) is 6.79 Å². The summed E-state index contributed by atoms with van der Waals surface area (Å²) in [7, 11) is 3.17. The first-order valence-electron chi connectivity index (χ1n) is 1.39. The highest BCUT2D eigenvalue weighted by Crippen LogP contribution is 1.60. The summed E-state index contributed by atoms with van der Waals surface area (Å²) in [5, 5.41) is 0. The average molecular weight is 140 g/mol. The van der Waals surface area contributed by atoms with Gasteiger partial charge in [0.2, 0.25) is 0 Å². The molecule has 0 aliphatic rings. The summed E-state index contributed by atoms with van der Waals surface area (Å²) in [5.74, 6) is 0. The van der Waals surface area contributed by atoms with E-state index in [0.29, 0.717) is 6.79 Å². The van der Waals surface area contributed by atoms with Gasteiger partial charge in [-0.3, -0.25) is 0 Å². The van der Waals surface area contributed by atoms with Gasteiger partial charge >= 0.3 is 0 Å². The molecule has 0 aliphatic carbocycles. The lowest BCUT2D eigenvalue weighted by Gasteiger charge is -1.87. The molecule has 0 aromatic heterocycles. The SMILES string of the molecule is C.C.C.C.COCOC. The molecule has 0 unspecified atom stereocenters. The lowest BCUT2D eigenvalue weighted by Crippen LogP contribution is -1.87. The van der Waals surface area contributed by atoms with Crippen LogP contribution in [0.15, 0.2) is 0 Å². The molecule has 0 aromatic carbocycles. The molecule has 0 heterocycles. The van der Waals surface area contributed by atoms with Crippen LogP contribution in [0.3, 0.4) is 0 Å². The number of ether oxygens (including phenoxy) is 2. The number of rotatable bonds is 2. The first kappa shape index (κ1) is 36.4. The quantitative estimate of drug-likeness (QED) is 0.549. The average Bonchev–Trinajstić information content (AvgIpc) is 1.41. The Hall–Kier alpha value is -0.0800. The van der Waals surface area contributed by atoms with E-state index < -0.39 is 0 Å². The lowest BCUT2D eigenvalue weighted by molar-refractivity contribution is -0.00271. The molecule has 0 aromatic rings. The highest BCUT2D eigenvalue weighted by Gasteiger charge is 1.63. The normalized spacial score (nSPS) is 4.67. The molecule has 0 N–H and O–H groups in total. The Bertz CT molecular complexity index is 14.4. The molecule has 64 valence electrons. The van der Waals surface area contributed by atoms with E-state index in [0.717, 1.165) is 0 Å². The monoisotopic (exact) mass is 140 g/mol. The zero-order valence-electron chi connectivity index (χ0n) is 3.52. The molecular weight excluding hydrogens is 116 g/mol. The summed E-state index contributed by atoms with van der Waals surface area (Å²) >= 11 is 0. The largest absolute Gasteiger partial charge is 0.359 e. The van der Waals surface area contributed by atoms with Gasteiger partial charge in [-0.1, -0.05) is 29.7 Å². The van der Waals surface area contributed by atoms with Crippen molar-refractivity contribution in [3.63, 3.8) is 0 Å². The summed E-state index contributed by atoms with van der Waals surface area (Å²) in [6.45, 7) is 0.389. The topological polar surface area (TPSA) is 18.5 Å². The summed E-state index contributed by atoms with van der Waals surface area (Å²) in [5.41, 5.74) is 0. The van der Waals surface area contributed by atoms with Crippen molar-refractivity contribution in [2.45, 2.75) is 29.7 Å². The minimum absolute atomic E-state index is 0. The van der Waals surface area contributed by atoms with Crippen LogP contribution in [0.25, 0.3) is 0 Å². The standard InChI is InChI=1S/C3H8O2.4CH4/c1-4-3-5-2;;;;/h3H2,1-2H3;4*1H4. The van der Waals surface area contributed by atoms with Crippen molar-refractivity contribution in [1.82, 2.24) is 0 Å². The summed E-state index contributed by atoms with van der Waals surface area (Å²) in [4.78, 5) is 0. The van der Waals surface area contributed by atoms with Gasteiger partial charge in [0.05, 0.1) is 0 Å². The van der Waals surface area contributed by atoms with Crippen LogP contribution >= 0.6 is 0 Å². The Morgan fingerprint density at radius 2 is 1.00 bits per heavy atom. The van der Waals surface area contributed by atoms with Crippen molar-refractivity contribution in [3.05, 3.63) is 0 Å². The van der Waals surface area contributed by atoms with E-state index in [1.54, 1.807) is 14.2 Å². The van der Waals surface area contributed by atoms with Crippen LogP contribution in [0.5, 0.6) is 0 Å². The smallest absolute Gasteiger partial charge is 0.145 e. The highest BCUT2D eigenvalue weighted by molar-refractivity contribution is 3.84. The molecule has 9 heavy (non-hydrogen) atoms. The second kappa shape index (κ2) is 44.5. The second-order valence-corrected chi connectivity index (χ2v) is 0.695. The first-order valence-corrected chi connectivity index (χ1v) is 1.39. The van der Waals surface area contributed by atoms with Crippen LogP contribution in [0, 0.1) is 0 Å². The van der Waals surface area contributed by atoms with Crippen LogP contribution in [0.2, 0.25) is 0 Å². The van der Waals surface area contributed by atoms with Crippen molar-refractivity contribution in [3.8, 4) is 0 Å². The Morgan fingerprint density at radius 1 is 0.778 bits per heavy atom. The van der Waals surface area contributed by atoms with Crippen molar-refractivity contribution >= 4 is 0 Å². The molecule has 0 rings (SSSR count). The van der Waals surface area contributed by atoms with Crippen molar-refractivity contribution in [2.24, 2.45) is 0 Å². The molecule has 2 heteroatoms. The molecule has 0 saturated heterocycles. The Morgan fingerprint density at radius 3 is 1.00 bits per heavy atom. The van der Waals surface area contributed by atoms with Crippen LogP contribution in [0.1, 0.15) is 29.7 Å². The first-order chi connectivity index (χ1) is 2.41. The maximum absolute atomic E-state index is 4.47. The third-order valence-corrected chi connectivity index (χ3v) is 0.236. The van der Waals surface area contributed by atoms with Crippen molar-refractivity contribution in [2.75, 3.05) is 21.0 Å². The Kier molecular flexibility index (Phi) is 180. The molecule has 0 bridgehead atoms. The van der Waals surface area contributed by atoms with Gasteiger partial charge in [-0.15, -0.1) is 0 Å². The van der Waals surface area contributed by atoms with Gasteiger partial charge in [0.15, 0.2) is 0 Å². The predicted octanol–water partition coefficient (Wildman–Crippen LogP) is 2.78. The molecule has 0 aliphatic heterocycles. The third-order valence-electron chi connectivity index (χ3n) is 0.236. The third kappa shape index (κ3) is 75.3. The van der Waals surface area contributed by atoms with E-state index in [4.69, 9.17) is 0 Å². The van der Waals surface area contributed by atoms with E-state index in [9.17, 15) is 0 Å². The fourth-order valence-electron chi connectivity index (χ4n) is 0.118. The highest BCUT2D eigenvalue weighted by atomic mass is 16.6. The maximum atomic E-state index is 4.47. The fourth-order valence-corrected chi connectivity index (χ4v) is 0.118. The van der Waals surface area contributed by atoms with E-state index >= 15 is 0 Å². The van der Waals surface area contributed by atoms with E-state index in [1.807, 2.05) is 0 Å². The van der Waals surface area contributed by atoms with Gasteiger partial charge in [-0.05, 0) is 0 Å². The Labute approximate surface area is 61.2 Å². The minimum atomic E-state index is 0. The summed E-state index contributed by atoms with van der Waals surface area (Å²) < 4.78 is 8.94. The predicted molar refractivity (Wildman–Crippen MR) is 45.8 cm³/mol. The molecule has 2 nitrogen and oxygen atoms in total. The summed E-state index contributed by atoms with van der Waals surface area (Å²) in [6, 6.07) is 0. The number of hydrogen-bond acceptors (Lipinski definition) is 2. The minimum Gasteiger partial charge on any atom is -0.359 e. The fraction of sp³-hybridized carbons (Fsp3) is 1.00. The molecule has 0 saturated carbocycles. The van der Waals surface area contributed by atoms with Gasteiger partial charge in [-0.25, -0.2) is 0 Å². The number of hydrogen-bond donors (Lipinski definition) is 0. The van der Waals surface area contributed by atoms with Crippen LogP contribution < -0.4 is 0 Å². The van der Waals surface area contributed by atoms with E-state index in [-0.39, 0.29) is 29.7 Å². The maximum Gasteiger partial charge on any atom is 0.145 e. The molecule has 0 amide bonds. The van der Waals surface area contributed by atoms with Crippen molar-refractivity contribution in [1.29, 1.82) is 0 Å². The zero-order valence-corrected chi connectivity index (χ0v) is 3.52. The number of methoxy groups -OCH3 is 2. The van der Waals surface area contributed by atoms with Gasteiger partial charge in [-0.2, -0.15) is 0 Å². The zero-order chi connectivity index (χ0) is 4.12. The molecule has 0 fully saturated rings. The molecule has 0 atom stereocenters. The molecular formula is C7H24O2. The van der Waals surface area contributed by atoms with Gasteiger partial charge < -0.3 is 9.47 Å². The summed E-state index contributed by atoms with van der Waals surface area (Å²) in [6.07, 6.45) is 0. The van der Waals surface area contributed by atoms with Crippen LogP contribution in [-0.4, -0.2) is 21.0 Å². The van der Waals surface area contributed by atoms with E-state index in [2.05, 4.69) is 9.47 Å². The van der Waals surface area contributed by atoms with Crippen LogP contribution in [-0.2, 0) is 9.47 Å².